The monoisotopic (exact) mass is 286 g/mol. The summed E-state index contributed by atoms with van der Waals surface area (Å²) in [7, 11) is 3.48. The van der Waals surface area contributed by atoms with Gasteiger partial charge in [0.1, 0.15) is 11.3 Å². The normalized spacial score (nSPS) is 17.9. The van der Waals surface area contributed by atoms with Gasteiger partial charge in [0.15, 0.2) is 5.11 Å². The molecule has 6 heteroatoms. The number of carbonyl (C=O) groups is 1. The van der Waals surface area contributed by atoms with Gasteiger partial charge in [0.2, 0.25) is 0 Å². The number of hydrogen-bond acceptors (Lipinski definition) is 3. The fraction of sp³-hybridized carbons (Fsp3) is 0.214. The maximum Gasteiger partial charge on any atom is 0.276 e. The molecule has 0 aliphatic carbocycles. The Morgan fingerprint density at radius 2 is 2.00 bits per heavy atom. The molecule has 1 fully saturated rings. The van der Waals surface area contributed by atoms with Gasteiger partial charge in [-0.2, -0.15) is 0 Å². The summed E-state index contributed by atoms with van der Waals surface area (Å²) in [5, 5.41) is 0.507. The van der Waals surface area contributed by atoms with E-state index in [0.29, 0.717) is 10.8 Å². The number of pyridine rings is 1. The largest absolute Gasteiger partial charge is 0.317 e. The molecule has 1 aliphatic rings. The summed E-state index contributed by atoms with van der Waals surface area (Å²) in [5.41, 5.74) is 3.20. The summed E-state index contributed by atoms with van der Waals surface area (Å²) in [5.74, 6) is -0.0946. The van der Waals surface area contributed by atoms with Crippen molar-refractivity contribution < 1.29 is 4.79 Å². The van der Waals surface area contributed by atoms with Gasteiger partial charge in [-0.1, -0.05) is 6.07 Å². The smallest absolute Gasteiger partial charge is 0.276 e. The second kappa shape index (κ2) is 4.42. The zero-order chi connectivity index (χ0) is 14.4. The molecular weight excluding hydrogens is 272 g/mol. The molecule has 1 amide bonds. The van der Waals surface area contributed by atoms with E-state index in [2.05, 4.69) is 4.98 Å². The van der Waals surface area contributed by atoms with Crippen molar-refractivity contribution in [1.82, 2.24) is 19.2 Å². The Hall–Kier alpha value is -2.21. The summed E-state index contributed by atoms with van der Waals surface area (Å²) in [6, 6.07) is 5.81. The quantitative estimate of drug-likeness (QED) is 0.591. The molecule has 1 saturated heterocycles. The fourth-order valence-electron chi connectivity index (χ4n) is 2.32. The molecule has 2 aromatic heterocycles. The molecule has 1 aliphatic heterocycles. The van der Waals surface area contributed by atoms with Crippen LogP contribution in [0.1, 0.15) is 11.4 Å². The molecule has 0 atom stereocenters. The second-order valence-electron chi connectivity index (χ2n) is 4.75. The van der Waals surface area contributed by atoms with Gasteiger partial charge in [0.25, 0.3) is 5.91 Å². The molecule has 0 bridgehead atoms. The van der Waals surface area contributed by atoms with Gasteiger partial charge in [-0.3, -0.25) is 14.1 Å². The third-order valence-corrected chi connectivity index (χ3v) is 4.03. The molecule has 0 unspecified atom stereocenters. The van der Waals surface area contributed by atoms with Crippen molar-refractivity contribution in [1.29, 1.82) is 0 Å². The van der Waals surface area contributed by atoms with Crippen molar-refractivity contribution in [3.05, 3.63) is 41.5 Å². The zero-order valence-electron chi connectivity index (χ0n) is 11.5. The van der Waals surface area contributed by atoms with E-state index >= 15 is 0 Å². The van der Waals surface area contributed by atoms with Crippen LogP contribution in [0, 0.1) is 6.92 Å². The number of aryl methyl sites for hydroxylation is 1. The van der Waals surface area contributed by atoms with E-state index < -0.39 is 0 Å². The predicted octanol–water partition coefficient (Wildman–Crippen LogP) is 1.67. The number of fused-ring (bicyclic) bond motifs is 1. The van der Waals surface area contributed by atoms with Crippen LogP contribution in [0.4, 0.5) is 0 Å². The molecule has 5 nitrogen and oxygen atoms in total. The average molecular weight is 286 g/mol. The SMILES string of the molecule is Cc1nc2ccccn2c1/C=C1\C(=O)N(C)C(=S)N1C. The third-order valence-electron chi connectivity index (χ3n) is 3.48. The van der Waals surface area contributed by atoms with E-state index in [1.165, 1.54) is 4.90 Å². The maximum atomic E-state index is 12.2. The Bertz CT molecular complexity index is 762. The van der Waals surface area contributed by atoms with Crippen molar-refractivity contribution in [2.45, 2.75) is 6.92 Å². The lowest BCUT2D eigenvalue weighted by molar-refractivity contribution is -0.121. The van der Waals surface area contributed by atoms with Crippen LogP contribution in [-0.4, -0.2) is 44.3 Å². The average Bonchev–Trinajstić information content (AvgIpc) is 2.85. The number of thiocarbonyl (C=S) groups is 1. The predicted molar refractivity (Wildman–Crippen MR) is 81.0 cm³/mol. The molecule has 102 valence electrons. The highest BCUT2D eigenvalue weighted by Gasteiger charge is 2.33. The topological polar surface area (TPSA) is 40.9 Å². The Morgan fingerprint density at radius 3 is 2.65 bits per heavy atom. The van der Waals surface area contributed by atoms with Gasteiger partial charge in [-0.05, 0) is 37.4 Å². The Balaban J connectivity index is 2.18. The highest BCUT2D eigenvalue weighted by Crippen LogP contribution is 2.22. The van der Waals surface area contributed by atoms with Crippen molar-refractivity contribution in [3.63, 3.8) is 0 Å². The van der Waals surface area contributed by atoms with Crippen LogP contribution in [0.25, 0.3) is 11.7 Å². The lowest BCUT2D eigenvalue weighted by Crippen LogP contribution is -2.26. The van der Waals surface area contributed by atoms with E-state index in [0.717, 1.165) is 17.0 Å². The molecule has 0 saturated carbocycles. The van der Waals surface area contributed by atoms with Gasteiger partial charge >= 0.3 is 0 Å². The molecule has 0 spiro atoms. The molecule has 0 aromatic carbocycles. The van der Waals surface area contributed by atoms with Crippen LogP contribution in [0.15, 0.2) is 30.1 Å². The molecule has 20 heavy (non-hydrogen) atoms. The van der Waals surface area contributed by atoms with E-state index in [1.54, 1.807) is 19.0 Å². The summed E-state index contributed by atoms with van der Waals surface area (Å²) >= 11 is 5.21. The summed E-state index contributed by atoms with van der Waals surface area (Å²) in [6.45, 7) is 1.93. The first-order valence-corrected chi connectivity index (χ1v) is 6.62. The van der Waals surface area contributed by atoms with Crippen LogP contribution < -0.4 is 0 Å². The van der Waals surface area contributed by atoms with Crippen LogP contribution in [-0.2, 0) is 4.79 Å². The van der Waals surface area contributed by atoms with Gasteiger partial charge < -0.3 is 4.90 Å². The van der Waals surface area contributed by atoms with Gasteiger partial charge in [0.05, 0.1) is 11.4 Å². The number of hydrogen-bond donors (Lipinski definition) is 0. The van der Waals surface area contributed by atoms with Crippen LogP contribution >= 0.6 is 12.2 Å². The molecule has 2 aromatic rings. The first-order valence-electron chi connectivity index (χ1n) is 6.22. The van der Waals surface area contributed by atoms with Gasteiger partial charge in [-0.25, -0.2) is 4.98 Å². The minimum atomic E-state index is -0.0946. The van der Waals surface area contributed by atoms with Gasteiger partial charge in [-0.15, -0.1) is 0 Å². The Morgan fingerprint density at radius 1 is 1.25 bits per heavy atom. The third kappa shape index (κ3) is 1.72. The standard InChI is InChI=1S/C14H14N4OS/c1-9-10(18-7-5-4-6-12(18)15-9)8-11-13(19)17(3)14(20)16(11)2/h4-8H,1-3H3/b11-8+. The number of imidazole rings is 1. The Labute approximate surface area is 122 Å². The van der Waals surface area contributed by atoms with E-state index in [1.807, 2.05) is 41.8 Å². The van der Waals surface area contributed by atoms with Gasteiger partial charge in [0, 0.05) is 20.3 Å². The van der Waals surface area contributed by atoms with E-state index in [9.17, 15) is 4.79 Å². The number of nitrogens with zero attached hydrogens (tertiary/aromatic N) is 4. The highest BCUT2D eigenvalue weighted by molar-refractivity contribution is 7.80. The molecular formula is C14H14N4OS. The number of aromatic nitrogens is 2. The van der Waals surface area contributed by atoms with E-state index in [-0.39, 0.29) is 5.91 Å². The summed E-state index contributed by atoms with van der Waals surface area (Å²) < 4.78 is 1.96. The zero-order valence-corrected chi connectivity index (χ0v) is 12.3. The molecule has 3 heterocycles. The lowest BCUT2D eigenvalue weighted by Gasteiger charge is -2.11. The lowest BCUT2D eigenvalue weighted by atomic mass is 10.2. The van der Waals surface area contributed by atoms with Crippen LogP contribution in [0.3, 0.4) is 0 Å². The Kier molecular flexibility index (Phi) is 2.83. The maximum absolute atomic E-state index is 12.2. The minimum absolute atomic E-state index is 0.0946. The summed E-state index contributed by atoms with van der Waals surface area (Å²) in [6.07, 6.45) is 3.77. The van der Waals surface area contributed by atoms with E-state index in [4.69, 9.17) is 12.2 Å². The summed E-state index contributed by atoms with van der Waals surface area (Å²) in [4.78, 5) is 19.9. The van der Waals surface area contributed by atoms with Crippen molar-refractivity contribution in [2.75, 3.05) is 14.1 Å². The fourth-order valence-corrected chi connectivity index (χ4v) is 2.51. The number of likely N-dealkylation sites (N-methyl/N-ethyl adjacent to an activating group) is 2. The van der Waals surface area contributed by atoms with Crippen molar-refractivity contribution in [2.24, 2.45) is 0 Å². The molecule has 0 radical (unpaired) electrons. The molecule has 3 rings (SSSR count). The first kappa shape index (κ1) is 12.8. The second-order valence-corrected chi connectivity index (χ2v) is 5.11. The van der Waals surface area contributed by atoms with Crippen LogP contribution in [0.2, 0.25) is 0 Å². The number of rotatable bonds is 1. The minimum Gasteiger partial charge on any atom is -0.317 e. The molecule has 0 N–H and O–H groups in total. The van der Waals surface area contributed by atoms with Crippen LogP contribution in [0.5, 0.6) is 0 Å². The highest BCUT2D eigenvalue weighted by atomic mass is 32.1. The van der Waals surface area contributed by atoms with Crippen molar-refractivity contribution >= 4 is 35.0 Å². The number of carbonyl (C=O) groups excluding carboxylic acids is 1. The first-order chi connectivity index (χ1) is 9.50. The number of amides is 1. The van der Waals surface area contributed by atoms with Crippen molar-refractivity contribution in [3.8, 4) is 0 Å².